The molecule has 0 amide bonds. The summed E-state index contributed by atoms with van der Waals surface area (Å²) in [6.07, 6.45) is 2.96. The van der Waals surface area contributed by atoms with E-state index in [1.807, 2.05) is 0 Å². The zero-order chi connectivity index (χ0) is 13.1. The second-order valence-corrected chi connectivity index (χ2v) is 4.61. The molecule has 0 aromatic rings. The fourth-order valence-electron chi connectivity index (χ4n) is 1.56. The lowest BCUT2D eigenvalue weighted by Gasteiger charge is -2.24. The summed E-state index contributed by atoms with van der Waals surface area (Å²) >= 11 is 4.07. The standard InChI is InChI=1S/C12H26O4S/c1-2-3-4-5-6-7-16-11(9-17)12(15)10(14)8-13/h10-15,17H,2-9H2,1H3/t10-,11-,12+/m1/s1. The van der Waals surface area contributed by atoms with Crippen LogP contribution in [0.1, 0.15) is 39.0 Å². The SMILES string of the molecule is CCCCCCCO[C@H](CS)[C@@H](O)[C@H](O)CO. The van der Waals surface area contributed by atoms with Crippen molar-refractivity contribution in [1.29, 1.82) is 0 Å². The van der Waals surface area contributed by atoms with Crippen LogP contribution in [0.4, 0.5) is 0 Å². The molecule has 0 aliphatic heterocycles. The smallest absolute Gasteiger partial charge is 0.109 e. The molecular weight excluding hydrogens is 240 g/mol. The van der Waals surface area contributed by atoms with Crippen LogP contribution in [-0.4, -0.2) is 52.6 Å². The van der Waals surface area contributed by atoms with Gasteiger partial charge >= 0.3 is 0 Å². The van der Waals surface area contributed by atoms with E-state index in [0.29, 0.717) is 12.4 Å². The number of aliphatic hydroxyl groups is 3. The van der Waals surface area contributed by atoms with Crippen LogP contribution in [0.25, 0.3) is 0 Å². The summed E-state index contributed by atoms with van der Waals surface area (Å²) in [5, 5.41) is 27.6. The van der Waals surface area contributed by atoms with Gasteiger partial charge in [-0.1, -0.05) is 32.6 Å². The van der Waals surface area contributed by atoms with Crippen molar-refractivity contribution in [3.05, 3.63) is 0 Å². The third-order valence-electron chi connectivity index (χ3n) is 2.72. The Balaban J connectivity index is 3.67. The van der Waals surface area contributed by atoms with E-state index in [-0.39, 0.29) is 0 Å². The molecule has 0 bridgehead atoms. The van der Waals surface area contributed by atoms with Crippen LogP contribution >= 0.6 is 12.6 Å². The molecule has 0 fully saturated rings. The maximum Gasteiger partial charge on any atom is 0.109 e. The van der Waals surface area contributed by atoms with Gasteiger partial charge in [0, 0.05) is 12.4 Å². The molecule has 0 aromatic carbocycles. The van der Waals surface area contributed by atoms with E-state index in [2.05, 4.69) is 19.6 Å². The lowest BCUT2D eigenvalue weighted by atomic mass is 10.1. The average molecular weight is 266 g/mol. The summed E-state index contributed by atoms with van der Waals surface area (Å²) in [7, 11) is 0. The Morgan fingerprint density at radius 3 is 2.29 bits per heavy atom. The normalized spacial score (nSPS) is 16.8. The summed E-state index contributed by atoms with van der Waals surface area (Å²) in [5.74, 6) is 0.327. The maximum absolute atomic E-state index is 9.63. The van der Waals surface area contributed by atoms with Gasteiger partial charge in [-0.2, -0.15) is 12.6 Å². The summed E-state index contributed by atoms with van der Waals surface area (Å²) in [6, 6.07) is 0. The summed E-state index contributed by atoms with van der Waals surface area (Å²) in [5.41, 5.74) is 0. The number of rotatable bonds is 11. The van der Waals surface area contributed by atoms with Crippen molar-refractivity contribution in [2.24, 2.45) is 0 Å². The summed E-state index contributed by atoms with van der Waals surface area (Å²) in [4.78, 5) is 0. The number of hydrogen-bond donors (Lipinski definition) is 4. The van der Waals surface area contributed by atoms with E-state index >= 15 is 0 Å². The number of hydrogen-bond acceptors (Lipinski definition) is 5. The molecule has 0 rings (SSSR count). The van der Waals surface area contributed by atoms with Gasteiger partial charge in [0.15, 0.2) is 0 Å². The molecule has 0 aromatic heterocycles. The van der Waals surface area contributed by atoms with Gasteiger partial charge in [-0.15, -0.1) is 0 Å². The van der Waals surface area contributed by atoms with Gasteiger partial charge < -0.3 is 20.1 Å². The van der Waals surface area contributed by atoms with Gasteiger partial charge in [-0.3, -0.25) is 0 Å². The molecule has 104 valence electrons. The number of ether oxygens (including phenoxy) is 1. The molecule has 17 heavy (non-hydrogen) atoms. The molecular formula is C12H26O4S. The minimum absolute atomic E-state index is 0.327. The predicted molar refractivity (Wildman–Crippen MR) is 71.5 cm³/mol. The molecule has 0 radical (unpaired) electrons. The van der Waals surface area contributed by atoms with Gasteiger partial charge in [-0.25, -0.2) is 0 Å². The van der Waals surface area contributed by atoms with Crippen LogP contribution in [0.3, 0.4) is 0 Å². The van der Waals surface area contributed by atoms with E-state index in [1.54, 1.807) is 0 Å². The highest BCUT2D eigenvalue weighted by Gasteiger charge is 2.25. The van der Waals surface area contributed by atoms with Gasteiger partial charge in [0.05, 0.1) is 12.7 Å². The fourth-order valence-corrected chi connectivity index (χ4v) is 1.88. The quantitative estimate of drug-likeness (QED) is 0.332. The van der Waals surface area contributed by atoms with Crippen molar-refractivity contribution in [3.63, 3.8) is 0 Å². The third kappa shape index (κ3) is 8.00. The molecule has 4 nitrogen and oxygen atoms in total. The number of aliphatic hydroxyl groups excluding tert-OH is 3. The Morgan fingerprint density at radius 2 is 1.76 bits per heavy atom. The van der Waals surface area contributed by atoms with Gasteiger partial charge in [0.2, 0.25) is 0 Å². The minimum Gasteiger partial charge on any atom is -0.394 e. The lowest BCUT2D eigenvalue weighted by molar-refractivity contribution is -0.0932. The van der Waals surface area contributed by atoms with E-state index in [1.165, 1.54) is 19.3 Å². The largest absolute Gasteiger partial charge is 0.394 e. The number of unbranched alkanes of at least 4 members (excludes halogenated alkanes) is 4. The van der Waals surface area contributed by atoms with E-state index in [9.17, 15) is 10.2 Å². The van der Waals surface area contributed by atoms with Crippen LogP contribution in [0, 0.1) is 0 Å². The van der Waals surface area contributed by atoms with Gasteiger partial charge in [0.1, 0.15) is 12.2 Å². The third-order valence-corrected chi connectivity index (χ3v) is 3.08. The first-order valence-corrected chi connectivity index (χ1v) is 7.00. The Bertz CT molecular complexity index is 169. The van der Waals surface area contributed by atoms with Gasteiger partial charge in [0.25, 0.3) is 0 Å². The Labute approximate surface area is 109 Å². The molecule has 0 heterocycles. The molecule has 0 spiro atoms. The summed E-state index contributed by atoms with van der Waals surface area (Å²) in [6.45, 7) is 2.26. The monoisotopic (exact) mass is 266 g/mol. The molecule has 3 N–H and O–H groups in total. The second kappa shape index (κ2) is 11.3. The van der Waals surface area contributed by atoms with Crippen LogP contribution < -0.4 is 0 Å². The van der Waals surface area contributed by atoms with E-state index in [0.717, 1.165) is 12.8 Å². The first-order chi connectivity index (χ1) is 8.17. The predicted octanol–water partition coefficient (Wildman–Crippen LogP) is 0.986. The van der Waals surface area contributed by atoms with Gasteiger partial charge in [-0.05, 0) is 6.42 Å². The second-order valence-electron chi connectivity index (χ2n) is 4.25. The topological polar surface area (TPSA) is 69.9 Å². The Morgan fingerprint density at radius 1 is 1.12 bits per heavy atom. The Hall–Kier alpha value is 0.190. The molecule has 3 atom stereocenters. The molecule has 0 saturated carbocycles. The maximum atomic E-state index is 9.63. The zero-order valence-electron chi connectivity index (χ0n) is 10.6. The van der Waals surface area contributed by atoms with Crippen LogP contribution in [0.2, 0.25) is 0 Å². The van der Waals surface area contributed by atoms with Crippen molar-refractivity contribution in [1.82, 2.24) is 0 Å². The highest BCUT2D eigenvalue weighted by molar-refractivity contribution is 7.80. The van der Waals surface area contributed by atoms with Crippen molar-refractivity contribution in [2.45, 2.75) is 57.3 Å². The van der Waals surface area contributed by atoms with Crippen molar-refractivity contribution < 1.29 is 20.1 Å². The van der Waals surface area contributed by atoms with E-state index < -0.39 is 24.9 Å². The van der Waals surface area contributed by atoms with Crippen molar-refractivity contribution >= 4 is 12.6 Å². The minimum atomic E-state index is -1.16. The van der Waals surface area contributed by atoms with Crippen molar-refractivity contribution in [3.8, 4) is 0 Å². The van der Waals surface area contributed by atoms with Crippen molar-refractivity contribution in [2.75, 3.05) is 19.0 Å². The average Bonchev–Trinajstić information content (AvgIpc) is 2.36. The molecule has 0 saturated heterocycles. The van der Waals surface area contributed by atoms with Crippen LogP contribution in [0.15, 0.2) is 0 Å². The summed E-state index contributed by atoms with van der Waals surface area (Å²) < 4.78 is 5.46. The highest BCUT2D eigenvalue weighted by atomic mass is 32.1. The lowest BCUT2D eigenvalue weighted by Crippen LogP contribution is -2.42. The van der Waals surface area contributed by atoms with E-state index in [4.69, 9.17) is 9.84 Å². The molecule has 0 aliphatic rings. The highest BCUT2D eigenvalue weighted by Crippen LogP contribution is 2.09. The Kier molecular flexibility index (Phi) is 11.4. The first kappa shape index (κ1) is 17.2. The fraction of sp³-hybridized carbons (Fsp3) is 1.00. The first-order valence-electron chi connectivity index (χ1n) is 6.36. The zero-order valence-corrected chi connectivity index (χ0v) is 11.5. The van der Waals surface area contributed by atoms with Crippen LogP contribution in [0.5, 0.6) is 0 Å². The van der Waals surface area contributed by atoms with Crippen LogP contribution in [-0.2, 0) is 4.74 Å². The molecule has 5 heteroatoms. The molecule has 0 aliphatic carbocycles. The molecule has 0 unspecified atom stereocenters. The number of thiol groups is 1.